The number of para-hydroxylation sites is 1. The monoisotopic (exact) mass is 354 g/mol. The van der Waals surface area contributed by atoms with Crippen LogP contribution in [-0.2, 0) is 4.74 Å². The fourth-order valence-corrected chi connectivity index (χ4v) is 4.06. The lowest BCUT2D eigenvalue weighted by Crippen LogP contribution is -2.11. The van der Waals surface area contributed by atoms with Gasteiger partial charge in [-0.2, -0.15) is 0 Å². The van der Waals surface area contributed by atoms with Gasteiger partial charge in [-0.3, -0.25) is 4.79 Å². The van der Waals surface area contributed by atoms with Crippen LogP contribution in [0.2, 0.25) is 0 Å². The van der Waals surface area contributed by atoms with Crippen molar-refractivity contribution in [3.63, 3.8) is 0 Å². The molecule has 0 fully saturated rings. The highest BCUT2D eigenvalue weighted by Crippen LogP contribution is 2.33. The van der Waals surface area contributed by atoms with Gasteiger partial charge >= 0.3 is 0 Å². The van der Waals surface area contributed by atoms with Crippen molar-refractivity contribution in [3.8, 4) is 0 Å². The normalized spacial score (nSPS) is 11.4. The van der Waals surface area contributed by atoms with E-state index >= 15 is 0 Å². The molecule has 0 aliphatic rings. The average molecular weight is 354 g/mol. The third-order valence-electron chi connectivity index (χ3n) is 4.07. The van der Waals surface area contributed by atoms with Gasteiger partial charge in [0.25, 0.3) is 0 Å². The molecule has 0 atom stereocenters. The van der Waals surface area contributed by atoms with E-state index in [2.05, 4.69) is 10.3 Å². The van der Waals surface area contributed by atoms with Gasteiger partial charge in [-0.25, -0.2) is 9.37 Å². The lowest BCUT2D eigenvalue weighted by Gasteiger charge is -2.11. The Balaban J connectivity index is 2.12. The number of methoxy groups -OCH3 is 1. The fraction of sp³-hybridized carbons (Fsp3) is 0.158. The third kappa shape index (κ3) is 2.73. The van der Waals surface area contributed by atoms with Crippen LogP contribution in [0.5, 0.6) is 0 Å². The number of anilines is 1. The molecule has 4 aromatic rings. The third-order valence-corrected chi connectivity index (χ3v) is 5.25. The van der Waals surface area contributed by atoms with Crippen LogP contribution in [0.1, 0.15) is 0 Å². The Morgan fingerprint density at radius 1 is 1.20 bits per heavy atom. The van der Waals surface area contributed by atoms with Crippen molar-refractivity contribution in [3.05, 3.63) is 58.5 Å². The summed E-state index contributed by atoms with van der Waals surface area (Å²) in [5.74, 6) is 0.243. The van der Waals surface area contributed by atoms with Gasteiger partial charge in [0.05, 0.1) is 22.2 Å². The molecule has 2 aromatic heterocycles. The fourth-order valence-electron chi connectivity index (χ4n) is 2.92. The van der Waals surface area contributed by atoms with Crippen LogP contribution in [-0.4, -0.2) is 25.2 Å². The minimum Gasteiger partial charge on any atom is -0.383 e. The van der Waals surface area contributed by atoms with Crippen molar-refractivity contribution < 1.29 is 9.13 Å². The summed E-state index contributed by atoms with van der Waals surface area (Å²) in [4.78, 5) is 17.8. The summed E-state index contributed by atoms with van der Waals surface area (Å²) >= 11 is 1.44. The molecule has 0 aliphatic carbocycles. The molecule has 126 valence electrons. The Bertz CT molecular complexity index is 1160. The molecule has 0 amide bonds. The topological polar surface area (TPSA) is 51.2 Å². The molecule has 0 unspecified atom stereocenters. The Morgan fingerprint density at radius 2 is 2.04 bits per heavy atom. The van der Waals surface area contributed by atoms with Crippen LogP contribution >= 0.6 is 11.3 Å². The number of fused-ring (bicyclic) bond motifs is 4. The van der Waals surface area contributed by atoms with Crippen LogP contribution in [0.25, 0.3) is 31.1 Å². The van der Waals surface area contributed by atoms with E-state index in [-0.39, 0.29) is 5.43 Å². The number of pyridine rings is 1. The molecule has 2 aromatic carbocycles. The summed E-state index contributed by atoms with van der Waals surface area (Å²) in [5, 5.41) is 5.00. The highest BCUT2D eigenvalue weighted by Gasteiger charge is 2.15. The smallest absolute Gasteiger partial charge is 0.196 e. The number of hydrogen-bond donors (Lipinski definition) is 1. The zero-order valence-corrected chi connectivity index (χ0v) is 14.3. The molecular weight excluding hydrogens is 339 g/mol. The Hall–Kier alpha value is -2.57. The van der Waals surface area contributed by atoms with Crippen molar-refractivity contribution in [2.24, 2.45) is 0 Å². The number of hydrogen-bond acceptors (Lipinski definition) is 5. The minimum absolute atomic E-state index is 0.170. The first-order chi connectivity index (χ1) is 12.2. The van der Waals surface area contributed by atoms with Gasteiger partial charge in [0.1, 0.15) is 11.6 Å². The summed E-state index contributed by atoms with van der Waals surface area (Å²) < 4.78 is 20.2. The van der Waals surface area contributed by atoms with E-state index in [0.717, 1.165) is 20.3 Å². The van der Waals surface area contributed by atoms with Crippen molar-refractivity contribution in [2.75, 3.05) is 25.6 Å². The number of halogens is 1. The standard InChI is InChI=1S/C19H15FN2O2S/c1-24-9-8-21-19-18-16(12-4-2-3-5-14(12)22-19)17(23)13-10-11(20)6-7-15(13)25-18/h2-7,10H,8-9H2,1H3,(H,21,22). The van der Waals surface area contributed by atoms with Gasteiger partial charge in [0.2, 0.25) is 0 Å². The maximum absolute atomic E-state index is 13.6. The lowest BCUT2D eigenvalue weighted by molar-refractivity contribution is 0.210. The van der Waals surface area contributed by atoms with E-state index in [4.69, 9.17) is 4.74 Å². The van der Waals surface area contributed by atoms with E-state index in [1.165, 1.54) is 23.5 Å². The summed E-state index contributed by atoms with van der Waals surface area (Å²) in [6, 6.07) is 11.8. The molecule has 1 N–H and O–H groups in total. The highest BCUT2D eigenvalue weighted by atomic mass is 32.1. The average Bonchev–Trinajstić information content (AvgIpc) is 2.62. The second-order valence-electron chi connectivity index (χ2n) is 5.67. The van der Waals surface area contributed by atoms with Crippen LogP contribution in [0.3, 0.4) is 0 Å². The summed E-state index contributed by atoms with van der Waals surface area (Å²) in [5.41, 5.74) is 0.562. The second-order valence-corrected chi connectivity index (χ2v) is 6.73. The van der Waals surface area contributed by atoms with Crippen LogP contribution in [0, 0.1) is 5.82 Å². The summed E-state index contributed by atoms with van der Waals surface area (Å²) in [7, 11) is 1.63. The summed E-state index contributed by atoms with van der Waals surface area (Å²) in [6.07, 6.45) is 0. The largest absolute Gasteiger partial charge is 0.383 e. The Morgan fingerprint density at radius 3 is 2.88 bits per heavy atom. The van der Waals surface area contributed by atoms with Crippen molar-refractivity contribution >= 4 is 48.2 Å². The maximum Gasteiger partial charge on any atom is 0.196 e. The molecular formula is C19H15FN2O2S. The molecule has 25 heavy (non-hydrogen) atoms. The SMILES string of the molecule is COCCNc1nc2ccccc2c2c(=O)c3cc(F)ccc3sc12. The number of rotatable bonds is 4. The van der Waals surface area contributed by atoms with Gasteiger partial charge < -0.3 is 10.1 Å². The van der Waals surface area contributed by atoms with Gasteiger partial charge in [-0.1, -0.05) is 18.2 Å². The first kappa shape index (κ1) is 15.9. The zero-order chi connectivity index (χ0) is 17.4. The number of ether oxygens (including phenoxy) is 1. The number of nitrogens with zero attached hydrogens (tertiary/aromatic N) is 1. The Labute approximate surface area is 146 Å². The minimum atomic E-state index is -0.409. The van der Waals surface area contributed by atoms with Gasteiger partial charge in [0.15, 0.2) is 5.43 Å². The molecule has 0 saturated heterocycles. The molecule has 0 bridgehead atoms. The quantitative estimate of drug-likeness (QED) is 0.340. The van der Waals surface area contributed by atoms with Crippen molar-refractivity contribution in [1.29, 1.82) is 0 Å². The van der Waals surface area contributed by atoms with Crippen molar-refractivity contribution in [1.82, 2.24) is 4.98 Å². The zero-order valence-electron chi connectivity index (χ0n) is 13.5. The van der Waals surface area contributed by atoms with Crippen LogP contribution < -0.4 is 10.7 Å². The number of aromatic nitrogens is 1. The van der Waals surface area contributed by atoms with Gasteiger partial charge in [-0.05, 0) is 24.3 Å². The second kappa shape index (κ2) is 6.38. The number of nitrogens with one attached hydrogen (secondary N) is 1. The highest BCUT2D eigenvalue weighted by molar-refractivity contribution is 7.25. The predicted molar refractivity (Wildman–Crippen MR) is 101 cm³/mol. The van der Waals surface area contributed by atoms with E-state index in [1.807, 2.05) is 24.3 Å². The summed E-state index contributed by atoms with van der Waals surface area (Å²) in [6.45, 7) is 1.11. The molecule has 6 heteroatoms. The molecule has 0 spiro atoms. The first-order valence-corrected chi connectivity index (χ1v) is 8.68. The van der Waals surface area contributed by atoms with Crippen LogP contribution in [0.4, 0.5) is 10.2 Å². The molecule has 4 nitrogen and oxygen atoms in total. The first-order valence-electron chi connectivity index (χ1n) is 7.86. The molecule has 2 heterocycles. The molecule has 0 saturated carbocycles. The molecule has 0 radical (unpaired) electrons. The molecule has 4 rings (SSSR count). The van der Waals surface area contributed by atoms with E-state index in [0.29, 0.717) is 29.7 Å². The van der Waals surface area contributed by atoms with E-state index in [9.17, 15) is 9.18 Å². The van der Waals surface area contributed by atoms with E-state index in [1.54, 1.807) is 13.2 Å². The van der Waals surface area contributed by atoms with Gasteiger partial charge in [0, 0.05) is 29.1 Å². The Kier molecular flexibility index (Phi) is 4.07. The molecule has 0 aliphatic heterocycles. The number of benzene rings is 2. The van der Waals surface area contributed by atoms with Crippen molar-refractivity contribution in [2.45, 2.75) is 0 Å². The lowest BCUT2D eigenvalue weighted by atomic mass is 10.1. The maximum atomic E-state index is 13.6. The predicted octanol–water partition coefficient (Wildman–Crippen LogP) is 4.16. The van der Waals surface area contributed by atoms with E-state index < -0.39 is 5.82 Å². The van der Waals surface area contributed by atoms with Crippen LogP contribution in [0.15, 0.2) is 47.3 Å². The van der Waals surface area contributed by atoms with Gasteiger partial charge in [-0.15, -0.1) is 11.3 Å².